The summed E-state index contributed by atoms with van der Waals surface area (Å²) in [6.07, 6.45) is 8.42. The number of hydrogen-bond acceptors (Lipinski definition) is 4. The van der Waals surface area contributed by atoms with Crippen LogP contribution in [-0.2, 0) is 14.4 Å². The Hall–Kier alpha value is -1.23. The van der Waals surface area contributed by atoms with Crippen molar-refractivity contribution in [1.82, 2.24) is 0 Å². The van der Waals surface area contributed by atoms with Crippen molar-refractivity contribution < 1.29 is 24.6 Å². The fourth-order valence-corrected chi connectivity index (χ4v) is 4.57. The zero-order chi connectivity index (χ0) is 20.7. The Balaban J connectivity index is 2.93. The summed E-state index contributed by atoms with van der Waals surface area (Å²) in [5.74, 6) is -2.01. The average Bonchev–Trinajstić information content (AvgIpc) is 2.60. The lowest BCUT2D eigenvalue weighted by Gasteiger charge is -2.48. The summed E-state index contributed by atoms with van der Waals surface area (Å²) in [6, 6.07) is 0. The Labute approximate surface area is 163 Å². The van der Waals surface area contributed by atoms with Crippen molar-refractivity contribution in [3.05, 3.63) is 0 Å². The number of aliphatic hydroxyl groups is 1. The third-order valence-electron chi connectivity index (χ3n) is 6.21. The van der Waals surface area contributed by atoms with Crippen molar-refractivity contribution in [2.75, 3.05) is 0 Å². The summed E-state index contributed by atoms with van der Waals surface area (Å²) >= 11 is 0. The zero-order valence-corrected chi connectivity index (χ0v) is 17.6. The Kier molecular flexibility index (Phi) is 8.65. The van der Waals surface area contributed by atoms with E-state index in [-0.39, 0.29) is 25.0 Å². The van der Waals surface area contributed by atoms with Crippen molar-refractivity contribution in [2.45, 2.75) is 110 Å². The molecule has 156 valence electrons. The van der Waals surface area contributed by atoms with E-state index >= 15 is 0 Å². The van der Waals surface area contributed by atoms with Crippen LogP contribution in [0.15, 0.2) is 0 Å². The molecule has 0 aromatic rings. The molecule has 5 heteroatoms. The maximum Gasteiger partial charge on any atom is 0.317 e. The van der Waals surface area contributed by atoms with Crippen LogP contribution in [0.1, 0.15) is 105 Å². The SMILES string of the molecule is CCCCCCCCC(=O)[C@]1(C)C[C@](O)(CCCC)C[C@](C)(C(=O)O)C1=O. The number of carboxylic acids is 1. The first-order chi connectivity index (χ1) is 12.6. The summed E-state index contributed by atoms with van der Waals surface area (Å²) in [7, 11) is 0. The molecule has 0 aliphatic heterocycles. The van der Waals surface area contributed by atoms with Crippen LogP contribution in [0.25, 0.3) is 0 Å². The van der Waals surface area contributed by atoms with E-state index in [1.807, 2.05) is 6.92 Å². The number of Topliss-reactive ketones (excluding diaryl/α,β-unsaturated/α-hetero) is 2. The largest absolute Gasteiger partial charge is 0.481 e. The highest BCUT2D eigenvalue weighted by molar-refractivity contribution is 6.16. The summed E-state index contributed by atoms with van der Waals surface area (Å²) in [5.41, 5.74) is -4.42. The van der Waals surface area contributed by atoms with Gasteiger partial charge in [-0.15, -0.1) is 0 Å². The van der Waals surface area contributed by atoms with E-state index in [2.05, 4.69) is 6.92 Å². The van der Waals surface area contributed by atoms with Crippen molar-refractivity contribution in [1.29, 1.82) is 0 Å². The van der Waals surface area contributed by atoms with Crippen LogP contribution in [0.3, 0.4) is 0 Å². The Morgan fingerprint density at radius 3 is 1.96 bits per heavy atom. The molecule has 0 amide bonds. The van der Waals surface area contributed by atoms with Crippen molar-refractivity contribution in [2.24, 2.45) is 10.8 Å². The number of carbonyl (C=O) groups is 3. The van der Waals surface area contributed by atoms with Crippen molar-refractivity contribution >= 4 is 17.5 Å². The molecule has 1 aliphatic carbocycles. The molecule has 1 aliphatic rings. The van der Waals surface area contributed by atoms with Crippen LogP contribution in [0, 0.1) is 10.8 Å². The monoisotopic (exact) mass is 382 g/mol. The molecule has 0 bridgehead atoms. The summed E-state index contributed by atoms with van der Waals surface area (Å²) < 4.78 is 0. The van der Waals surface area contributed by atoms with Crippen LogP contribution in [-0.4, -0.2) is 33.3 Å². The molecule has 0 unspecified atom stereocenters. The van der Waals surface area contributed by atoms with Gasteiger partial charge in [0.15, 0.2) is 5.78 Å². The highest BCUT2D eigenvalue weighted by atomic mass is 16.4. The van der Waals surface area contributed by atoms with E-state index in [1.165, 1.54) is 13.3 Å². The number of aliphatic carboxylic acids is 1. The van der Waals surface area contributed by atoms with Gasteiger partial charge >= 0.3 is 5.97 Å². The van der Waals surface area contributed by atoms with Gasteiger partial charge in [0.1, 0.15) is 11.2 Å². The van der Waals surface area contributed by atoms with Gasteiger partial charge in [-0.25, -0.2) is 0 Å². The number of hydrogen-bond donors (Lipinski definition) is 2. The minimum atomic E-state index is -1.72. The number of ketones is 2. The lowest BCUT2D eigenvalue weighted by Crippen LogP contribution is -2.60. The van der Waals surface area contributed by atoms with Crippen LogP contribution in [0.4, 0.5) is 0 Å². The molecular weight excluding hydrogens is 344 g/mol. The highest BCUT2D eigenvalue weighted by Gasteiger charge is 2.62. The van der Waals surface area contributed by atoms with E-state index in [0.29, 0.717) is 12.8 Å². The first kappa shape index (κ1) is 23.8. The Morgan fingerprint density at radius 1 is 0.889 bits per heavy atom. The van der Waals surface area contributed by atoms with Gasteiger partial charge in [-0.2, -0.15) is 0 Å². The molecular formula is C22H38O5. The predicted octanol–water partition coefficient (Wildman–Crippen LogP) is 4.69. The van der Waals surface area contributed by atoms with Gasteiger partial charge in [0.25, 0.3) is 0 Å². The van der Waals surface area contributed by atoms with Crippen LogP contribution >= 0.6 is 0 Å². The maximum absolute atomic E-state index is 13.1. The van der Waals surface area contributed by atoms with Gasteiger partial charge in [0, 0.05) is 6.42 Å². The van der Waals surface area contributed by atoms with E-state index in [1.54, 1.807) is 6.92 Å². The normalized spacial score (nSPS) is 31.1. The smallest absolute Gasteiger partial charge is 0.317 e. The number of carboxylic acid groups (broad SMARTS) is 1. The van der Waals surface area contributed by atoms with Crippen LogP contribution in [0.2, 0.25) is 0 Å². The predicted molar refractivity (Wildman–Crippen MR) is 106 cm³/mol. The Morgan fingerprint density at radius 2 is 1.41 bits per heavy atom. The quantitative estimate of drug-likeness (QED) is 0.377. The third kappa shape index (κ3) is 5.63. The first-order valence-corrected chi connectivity index (χ1v) is 10.6. The molecule has 1 saturated carbocycles. The van der Waals surface area contributed by atoms with Crippen molar-refractivity contribution in [3.8, 4) is 0 Å². The van der Waals surface area contributed by atoms with Gasteiger partial charge in [-0.05, 0) is 39.5 Å². The summed E-state index contributed by atoms with van der Waals surface area (Å²) in [5, 5.41) is 20.8. The molecule has 1 rings (SSSR count). The van der Waals surface area contributed by atoms with Gasteiger partial charge in [-0.3, -0.25) is 14.4 Å². The molecule has 0 heterocycles. The topological polar surface area (TPSA) is 91.7 Å². The van der Waals surface area contributed by atoms with E-state index < -0.39 is 28.2 Å². The van der Waals surface area contributed by atoms with E-state index in [4.69, 9.17) is 0 Å². The molecule has 27 heavy (non-hydrogen) atoms. The minimum absolute atomic E-state index is 0.0381. The number of carbonyl (C=O) groups excluding carboxylic acids is 2. The van der Waals surface area contributed by atoms with Gasteiger partial charge in [-0.1, -0.05) is 58.8 Å². The summed E-state index contributed by atoms with van der Waals surface area (Å²) in [4.78, 5) is 37.9. The molecule has 0 spiro atoms. The molecule has 5 nitrogen and oxygen atoms in total. The van der Waals surface area contributed by atoms with Crippen molar-refractivity contribution in [3.63, 3.8) is 0 Å². The fraction of sp³-hybridized carbons (Fsp3) is 0.864. The number of unbranched alkanes of at least 4 members (excludes halogenated alkanes) is 6. The second-order valence-corrected chi connectivity index (χ2v) is 8.92. The summed E-state index contributed by atoms with van der Waals surface area (Å²) in [6.45, 7) is 7.06. The second-order valence-electron chi connectivity index (χ2n) is 8.92. The first-order valence-electron chi connectivity index (χ1n) is 10.6. The standard InChI is InChI=1S/C22H38O5/c1-5-7-9-10-11-12-13-17(23)20(3)15-22(27,14-8-6-2)16-21(4,18(20)24)19(25)26/h27H,5-16H2,1-4H3,(H,25,26)/t20-,21-,22+/m0/s1. The third-order valence-corrected chi connectivity index (χ3v) is 6.21. The average molecular weight is 383 g/mol. The molecule has 3 atom stereocenters. The van der Waals surface area contributed by atoms with Gasteiger partial charge in [0.05, 0.1) is 11.0 Å². The molecule has 1 fully saturated rings. The van der Waals surface area contributed by atoms with Crippen LogP contribution in [0.5, 0.6) is 0 Å². The molecule has 0 aromatic heterocycles. The fourth-order valence-electron chi connectivity index (χ4n) is 4.57. The van der Waals surface area contributed by atoms with Gasteiger partial charge in [0.2, 0.25) is 0 Å². The molecule has 0 saturated heterocycles. The highest BCUT2D eigenvalue weighted by Crippen LogP contribution is 2.50. The Bertz CT molecular complexity index is 543. The minimum Gasteiger partial charge on any atom is -0.481 e. The lowest BCUT2D eigenvalue weighted by molar-refractivity contribution is -0.176. The number of rotatable bonds is 12. The lowest BCUT2D eigenvalue weighted by atomic mass is 9.54. The molecule has 0 aromatic carbocycles. The van der Waals surface area contributed by atoms with E-state index in [0.717, 1.165) is 38.5 Å². The molecule has 2 N–H and O–H groups in total. The molecule has 0 radical (unpaired) electrons. The zero-order valence-electron chi connectivity index (χ0n) is 17.6. The maximum atomic E-state index is 13.1. The second kappa shape index (κ2) is 9.81. The van der Waals surface area contributed by atoms with Crippen LogP contribution < -0.4 is 0 Å². The van der Waals surface area contributed by atoms with Gasteiger partial charge < -0.3 is 10.2 Å². The van der Waals surface area contributed by atoms with E-state index in [9.17, 15) is 24.6 Å².